The van der Waals surface area contributed by atoms with Gasteiger partial charge in [-0.25, -0.2) is 9.48 Å². The van der Waals surface area contributed by atoms with Gasteiger partial charge in [0.05, 0.1) is 23.0 Å². The van der Waals surface area contributed by atoms with Gasteiger partial charge in [-0.1, -0.05) is 34.8 Å². The maximum atomic E-state index is 12.5. The van der Waals surface area contributed by atoms with E-state index in [4.69, 9.17) is 39.5 Å². The molecule has 0 aliphatic heterocycles. The first-order valence-corrected chi connectivity index (χ1v) is 9.87. The third-order valence-corrected chi connectivity index (χ3v) is 5.22. The zero-order chi connectivity index (χ0) is 20.6. The monoisotopic (exact) mass is 436 g/mol. The summed E-state index contributed by atoms with van der Waals surface area (Å²) in [6.07, 6.45) is 0. The number of benzene rings is 2. The van der Waals surface area contributed by atoms with Crippen molar-refractivity contribution in [2.75, 3.05) is 6.61 Å². The minimum absolute atomic E-state index is 0.247. The largest absolute Gasteiger partial charge is 0.461 e. The van der Waals surface area contributed by atoms with Crippen molar-refractivity contribution in [1.29, 1.82) is 0 Å². The Morgan fingerprint density at radius 3 is 2.25 bits per heavy atom. The molecule has 0 fully saturated rings. The van der Waals surface area contributed by atoms with Crippen molar-refractivity contribution in [2.24, 2.45) is 0 Å². The highest BCUT2D eigenvalue weighted by molar-refractivity contribution is 6.35. The molecular weight excluding hydrogens is 419 g/mol. The van der Waals surface area contributed by atoms with Crippen LogP contribution in [0.4, 0.5) is 0 Å². The number of nitrogens with zero attached hydrogens (tertiary/aromatic N) is 2. The maximum absolute atomic E-state index is 12.5. The molecule has 3 rings (SSSR count). The van der Waals surface area contributed by atoms with E-state index < -0.39 is 5.97 Å². The molecule has 0 saturated carbocycles. The van der Waals surface area contributed by atoms with Gasteiger partial charge in [0.1, 0.15) is 0 Å². The number of rotatable bonds is 4. The zero-order valence-corrected chi connectivity index (χ0v) is 18.2. The van der Waals surface area contributed by atoms with Crippen molar-refractivity contribution in [3.05, 3.63) is 67.8 Å². The summed E-state index contributed by atoms with van der Waals surface area (Å²) in [4.78, 5) is 12.5. The fourth-order valence-corrected chi connectivity index (χ4v) is 4.11. The van der Waals surface area contributed by atoms with Crippen LogP contribution in [0.1, 0.15) is 34.1 Å². The number of carbonyl (C=O) groups excluding carboxylic acids is 1. The molecule has 28 heavy (non-hydrogen) atoms. The Morgan fingerprint density at radius 2 is 1.68 bits per heavy atom. The zero-order valence-electron chi connectivity index (χ0n) is 15.9. The van der Waals surface area contributed by atoms with Crippen LogP contribution in [0, 0.1) is 20.8 Å². The number of hydrogen-bond donors (Lipinski definition) is 0. The molecule has 0 spiro atoms. The maximum Gasteiger partial charge on any atom is 0.359 e. The van der Waals surface area contributed by atoms with Gasteiger partial charge in [-0.2, -0.15) is 5.10 Å². The molecular formula is C21H19Cl3N2O2. The van der Waals surface area contributed by atoms with Crippen molar-refractivity contribution in [3.8, 4) is 16.9 Å². The van der Waals surface area contributed by atoms with Gasteiger partial charge in [-0.3, -0.25) is 0 Å². The molecule has 2 aromatic carbocycles. The Bertz CT molecular complexity index is 1050. The van der Waals surface area contributed by atoms with E-state index >= 15 is 0 Å². The Balaban J connectivity index is 2.36. The fourth-order valence-electron chi connectivity index (χ4n) is 3.29. The fraction of sp³-hybridized carbons (Fsp3) is 0.238. The first-order valence-electron chi connectivity index (χ1n) is 8.73. The minimum Gasteiger partial charge on any atom is -0.461 e. The normalized spacial score (nSPS) is 11.0. The molecule has 0 radical (unpaired) electrons. The van der Waals surface area contributed by atoms with Gasteiger partial charge >= 0.3 is 5.97 Å². The summed E-state index contributed by atoms with van der Waals surface area (Å²) in [6.45, 7) is 7.81. The van der Waals surface area contributed by atoms with Crippen molar-refractivity contribution >= 4 is 40.8 Å². The summed E-state index contributed by atoms with van der Waals surface area (Å²) in [7, 11) is 0. The smallest absolute Gasteiger partial charge is 0.359 e. The summed E-state index contributed by atoms with van der Waals surface area (Å²) in [5.74, 6) is -0.477. The molecule has 146 valence electrons. The first kappa shape index (κ1) is 20.7. The van der Waals surface area contributed by atoms with E-state index in [-0.39, 0.29) is 12.3 Å². The Morgan fingerprint density at radius 1 is 1.04 bits per heavy atom. The van der Waals surface area contributed by atoms with Crippen LogP contribution in [0.5, 0.6) is 0 Å². The van der Waals surface area contributed by atoms with Crippen LogP contribution in [-0.2, 0) is 4.74 Å². The van der Waals surface area contributed by atoms with Gasteiger partial charge in [0.15, 0.2) is 5.69 Å². The molecule has 0 aliphatic carbocycles. The van der Waals surface area contributed by atoms with Gasteiger partial charge in [-0.05, 0) is 69.2 Å². The summed E-state index contributed by atoms with van der Waals surface area (Å²) in [6, 6.07) is 8.92. The van der Waals surface area contributed by atoms with E-state index in [1.165, 1.54) is 0 Å². The van der Waals surface area contributed by atoms with Gasteiger partial charge < -0.3 is 4.74 Å². The van der Waals surface area contributed by atoms with Crippen molar-refractivity contribution in [1.82, 2.24) is 9.78 Å². The van der Waals surface area contributed by atoms with Crippen LogP contribution >= 0.6 is 34.8 Å². The third-order valence-electron chi connectivity index (χ3n) is 4.46. The molecule has 0 atom stereocenters. The standard InChI is InChI=1S/C21H19Cl3N2O2/c1-5-28-21(27)19-13(4)20(18-11(2)8-15(23)9-12(18)3)26(25-19)17-7-6-14(22)10-16(17)24/h6-10H,5H2,1-4H3. The Hall–Kier alpha value is -2.01. The van der Waals surface area contributed by atoms with Crippen molar-refractivity contribution < 1.29 is 9.53 Å². The molecule has 7 heteroatoms. The van der Waals surface area contributed by atoms with Crippen molar-refractivity contribution in [2.45, 2.75) is 27.7 Å². The van der Waals surface area contributed by atoms with E-state index in [0.29, 0.717) is 26.3 Å². The molecule has 3 aromatic rings. The summed E-state index contributed by atoms with van der Waals surface area (Å²) in [5, 5.41) is 6.15. The number of aryl methyl sites for hydroxylation is 2. The highest BCUT2D eigenvalue weighted by Crippen LogP contribution is 2.37. The molecule has 1 heterocycles. The number of carbonyl (C=O) groups is 1. The molecule has 0 aliphatic rings. The molecule has 4 nitrogen and oxygen atoms in total. The quantitative estimate of drug-likeness (QED) is 0.432. The third kappa shape index (κ3) is 3.77. The van der Waals surface area contributed by atoms with Gasteiger partial charge in [0.2, 0.25) is 0 Å². The predicted octanol–water partition coefficient (Wildman–Crippen LogP) is 6.60. The Labute approximate surface area is 179 Å². The van der Waals surface area contributed by atoms with Gasteiger partial charge in [0.25, 0.3) is 0 Å². The number of esters is 1. The lowest BCUT2D eigenvalue weighted by Crippen LogP contribution is -2.08. The predicted molar refractivity (Wildman–Crippen MR) is 114 cm³/mol. The summed E-state index contributed by atoms with van der Waals surface area (Å²) >= 11 is 18.7. The second kappa shape index (κ2) is 8.16. The van der Waals surface area contributed by atoms with E-state index in [1.807, 2.05) is 32.9 Å². The highest BCUT2D eigenvalue weighted by atomic mass is 35.5. The van der Waals surface area contributed by atoms with Crippen LogP contribution < -0.4 is 0 Å². The second-order valence-corrected chi connectivity index (χ2v) is 7.74. The van der Waals surface area contributed by atoms with Crippen LogP contribution in [0.2, 0.25) is 15.1 Å². The van der Waals surface area contributed by atoms with Crippen LogP contribution in [-0.4, -0.2) is 22.4 Å². The highest BCUT2D eigenvalue weighted by Gasteiger charge is 2.25. The molecule has 0 saturated heterocycles. The lowest BCUT2D eigenvalue weighted by molar-refractivity contribution is 0.0518. The summed E-state index contributed by atoms with van der Waals surface area (Å²) in [5.41, 5.74) is 5.21. The summed E-state index contributed by atoms with van der Waals surface area (Å²) < 4.78 is 6.86. The number of ether oxygens (including phenoxy) is 1. The topological polar surface area (TPSA) is 44.1 Å². The molecule has 1 aromatic heterocycles. The second-order valence-electron chi connectivity index (χ2n) is 6.46. The van der Waals surface area contributed by atoms with Crippen LogP contribution in [0.25, 0.3) is 16.9 Å². The molecule has 0 N–H and O–H groups in total. The number of aromatic nitrogens is 2. The van der Waals surface area contributed by atoms with E-state index in [2.05, 4.69) is 5.10 Å². The van der Waals surface area contributed by atoms with Crippen molar-refractivity contribution in [3.63, 3.8) is 0 Å². The molecule has 0 unspecified atom stereocenters. The van der Waals surface area contributed by atoms with Crippen LogP contribution in [0.3, 0.4) is 0 Å². The van der Waals surface area contributed by atoms with Gasteiger partial charge in [-0.15, -0.1) is 0 Å². The lowest BCUT2D eigenvalue weighted by Gasteiger charge is -2.15. The van der Waals surface area contributed by atoms with Crippen LogP contribution in [0.15, 0.2) is 30.3 Å². The number of hydrogen-bond acceptors (Lipinski definition) is 3. The Kier molecular flexibility index (Phi) is 6.04. The van der Waals surface area contributed by atoms with Gasteiger partial charge in [0, 0.05) is 21.2 Å². The average Bonchev–Trinajstić information content (AvgIpc) is 2.92. The molecule has 0 amide bonds. The number of halogens is 3. The first-order chi connectivity index (χ1) is 13.2. The lowest BCUT2D eigenvalue weighted by atomic mass is 9.96. The average molecular weight is 438 g/mol. The van der Waals surface area contributed by atoms with E-state index in [9.17, 15) is 4.79 Å². The molecule has 0 bridgehead atoms. The van der Waals surface area contributed by atoms with E-state index in [1.54, 1.807) is 29.8 Å². The van der Waals surface area contributed by atoms with E-state index in [0.717, 1.165) is 22.4 Å². The SMILES string of the molecule is CCOC(=O)c1nn(-c2ccc(Cl)cc2Cl)c(-c2c(C)cc(Cl)cc2C)c1C. The minimum atomic E-state index is -0.477.